The summed E-state index contributed by atoms with van der Waals surface area (Å²) in [6.07, 6.45) is 3.56. The van der Waals surface area contributed by atoms with Crippen LogP contribution >= 0.6 is 0 Å². The first-order valence-electron chi connectivity index (χ1n) is 7.10. The zero-order chi connectivity index (χ0) is 12.4. The average Bonchev–Trinajstić information content (AvgIpc) is 3.03. The van der Waals surface area contributed by atoms with Gasteiger partial charge < -0.3 is 10.2 Å². The molecule has 0 radical (unpaired) electrons. The van der Waals surface area contributed by atoms with Crippen LogP contribution in [-0.2, 0) is 4.79 Å². The molecule has 1 aliphatic carbocycles. The second kappa shape index (κ2) is 5.38. The molecule has 1 amide bonds. The Labute approximate surface area is 105 Å². The van der Waals surface area contributed by atoms with Gasteiger partial charge in [-0.2, -0.15) is 0 Å². The summed E-state index contributed by atoms with van der Waals surface area (Å²) in [7, 11) is 0. The van der Waals surface area contributed by atoms with Gasteiger partial charge in [0.25, 0.3) is 0 Å². The van der Waals surface area contributed by atoms with Gasteiger partial charge in [-0.1, -0.05) is 20.8 Å². The van der Waals surface area contributed by atoms with E-state index in [1.165, 1.54) is 12.8 Å². The predicted molar refractivity (Wildman–Crippen MR) is 69.7 cm³/mol. The van der Waals surface area contributed by atoms with Crippen LogP contribution in [0, 0.1) is 17.8 Å². The Morgan fingerprint density at radius 2 is 2.18 bits per heavy atom. The van der Waals surface area contributed by atoms with Crippen molar-refractivity contribution in [3.05, 3.63) is 0 Å². The molecule has 98 valence electrons. The Bertz CT molecular complexity index is 277. The Balaban J connectivity index is 1.78. The van der Waals surface area contributed by atoms with Crippen molar-refractivity contribution in [3.8, 4) is 0 Å². The zero-order valence-corrected chi connectivity index (χ0v) is 11.4. The van der Waals surface area contributed by atoms with Gasteiger partial charge in [0.2, 0.25) is 5.91 Å². The minimum Gasteiger partial charge on any atom is -0.342 e. The van der Waals surface area contributed by atoms with Crippen molar-refractivity contribution in [2.45, 2.75) is 46.1 Å². The topological polar surface area (TPSA) is 32.3 Å². The van der Waals surface area contributed by atoms with Crippen LogP contribution in [0.2, 0.25) is 0 Å². The lowest BCUT2D eigenvalue weighted by Gasteiger charge is -2.33. The number of rotatable bonds is 4. The third-order valence-corrected chi connectivity index (χ3v) is 4.07. The summed E-state index contributed by atoms with van der Waals surface area (Å²) in [5, 5.41) is 3.49. The molecule has 0 aromatic rings. The predicted octanol–water partition coefficient (Wildman–Crippen LogP) is 1.88. The fourth-order valence-electron chi connectivity index (χ4n) is 2.73. The quantitative estimate of drug-likeness (QED) is 0.811. The van der Waals surface area contributed by atoms with Crippen LogP contribution in [0.3, 0.4) is 0 Å². The number of hydrogen-bond acceptors (Lipinski definition) is 2. The van der Waals surface area contributed by atoms with Gasteiger partial charge in [0.15, 0.2) is 0 Å². The van der Waals surface area contributed by atoms with Gasteiger partial charge in [-0.3, -0.25) is 4.79 Å². The number of piperidine rings is 1. The number of nitrogens with one attached hydrogen (secondary N) is 1. The van der Waals surface area contributed by atoms with Crippen LogP contribution in [-0.4, -0.2) is 36.5 Å². The van der Waals surface area contributed by atoms with Gasteiger partial charge in [0.05, 0.1) is 0 Å². The molecule has 1 saturated heterocycles. The smallest absolute Gasteiger partial charge is 0.225 e. The van der Waals surface area contributed by atoms with E-state index in [-0.39, 0.29) is 0 Å². The lowest BCUT2D eigenvalue weighted by Crippen LogP contribution is -2.44. The molecule has 3 nitrogen and oxygen atoms in total. The molecule has 17 heavy (non-hydrogen) atoms. The first kappa shape index (κ1) is 12.9. The standard InChI is InChI=1S/C14H26N2O/c1-10(2)15-8-12-5-4-6-16(9-12)14(17)13-7-11(13)3/h10-13,15H,4-9H2,1-3H3. The molecular weight excluding hydrogens is 212 g/mol. The van der Waals surface area contributed by atoms with E-state index in [9.17, 15) is 4.79 Å². The third kappa shape index (κ3) is 3.44. The molecule has 2 rings (SSSR count). The first-order valence-corrected chi connectivity index (χ1v) is 7.10. The maximum Gasteiger partial charge on any atom is 0.225 e. The molecule has 2 aliphatic rings. The Morgan fingerprint density at radius 3 is 2.76 bits per heavy atom. The number of carbonyl (C=O) groups excluding carboxylic acids is 1. The summed E-state index contributed by atoms with van der Waals surface area (Å²) in [6, 6.07) is 0.546. The lowest BCUT2D eigenvalue weighted by molar-refractivity contribution is -0.134. The first-order chi connectivity index (χ1) is 8.08. The van der Waals surface area contributed by atoms with Gasteiger partial charge >= 0.3 is 0 Å². The fourth-order valence-corrected chi connectivity index (χ4v) is 2.73. The monoisotopic (exact) mass is 238 g/mol. The van der Waals surface area contributed by atoms with Crippen molar-refractivity contribution < 1.29 is 4.79 Å². The van der Waals surface area contributed by atoms with Crippen molar-refractivity contribution in [1.82, 2.24) is 10.2 Å². The number of likely N-dealkylation sites (tertiary alicyclic amines) is 1. The zero-order valence-electron chi connectivity index (χ0n) is 11.4. The molecule has 1 saturated carbocycles. The Hall–Kier alpha value is -0.570. The largest absolute Gasteiger partial charge is 0.342 e. The summed E-state index contributed by atoms with van der Waals surface area (Å²) in [5.41, 5.74) is 0. The maximum atomic E-state index is 12.2. The molecular formula is C14H26N2O. The minimum atomic E-state index is 0.354. The molecule has 0 aromatic heterocycles. The summed E-state index contributed by atoms with van der Waals surface area (Å²) < 4.78 is 0. The molecule has 0 aromatic carbocycles. The minimum absolute atomic E-state index is 0.354. The van der Waals surface area contributed by atoms with E-state index in [0.717, 1.165) is 26.1 Å². The normalized spacial score (nSPS) is 32.9. The van der Waals surface area contributed by atoms with Crippen LogP contribution in [0.1, 0.15) is 40.0 Å². The summed E-state index contributed by atoms with van der Waals surface area (Å²) in [5.74, 6) is 2.07. The van der Waals surface area contributed by atoms with E-state index in [1.54, 1.807) is 0 Å². The number of nitrogens with zero attached hydrogens (tertiary/aromatic N) is 1. The van der Waals surface area contributed by atoms with E-state index in [4.69, 9.17) is 0 Å². The number of amides is 1. The van der Waals surface area contributed by atoms with Gasteiger partial charge in [-0.25, -0.2) is 0 Å². The summed E-state index contributed by atoms with van der Waals surface area (Å²) >= 11 is 0. The number of carbonyl (C=O) groups is 1. The van der Waals surface area contributed by atoms with Gasteiger partial charge in [-0.05, 0) is 37.6 Å². The maximum absolute atomic E-state index is 12.2. The van der Waals surface area contributed by atoms with Gasteiger partial charge in [-0.15, -0.1) is 0 Å². The van der Waals surface area contributed by atoms with Gasteiger partial charge in [0, 0.05) is 25.0 Å². The second-order valence-corrected chi connectivity index (χ2v) is 6.17. The van der Waals surface area contributed by atoms with E-state index in [2.05, 4.69) is 31.0 Å². The second-order valence-electron chi connectivity index (χ2n) is 6.17. The average molecular weight is 238 g/mol. The molecule has 3 unspecified atom stereocenters. The highest BCUT2D eigenvalue weighted by molar-refractivity contribution is 5.81. The van der Waals surface area contributed by atoms with E-state index in [1.807, 2.05) is 0 Å². The van der Waals surface area contributed by atoms with Crippen LogP contribution in [0.4, 0.5) is 0 Å². The Kier molecular flexibility index (Phi) is 4.08. The van der Waals surface area contributed by atoms with Crippen molar-refractivity contribution in [1.29, 1.82) is 0 Å². The van der Waals surface area contributed by atoms with Crippen LogP contribution in [0.15, 0.2) is 0 Å². The van der Waals surface area contributed by atoms with Crippen molar-refractivity contribution in [2.75, 3.05) is 19.6 Å². The highest BCUT2D eigenvalue weighted by atomic mass is 16.2. The molecule has 0 spiro atoms. The fraction of sp³-hybridized carbons (Fsp3) is 0.929. The molecule has 1 N–H and O–H groups in total. The van der Waals surface area contributed by atoms with E-state index < -0.39 is 0 Å². The van der Waals surface area contributed by atoms with Gasteiger partial charge in [0.1, 0.15) is 0 Å². The summed E-state index contributed by atoms with van der Waals surface area (Å²) in [6.45, 7) is 9.56. The Morgan fingerprint density at radius 1 is 1.47 bits per heavy atom. The third-order valence-electron chi connectivity index (χ3n) is 4.07. The summed E-state index contributed by atoms with van der Waals surface area (Å²) in [4.78, 5) is 14.3. The highest BCUT2D eigenvalue weighted by Gasteiger charge is 2.42. The van der Waals surface area contributed by atoms with Crippen LogP contribution < -0.4 is 5.32 Å². The molecule has 3 heteroatoms. The lowest BCUT2D eigenvalue weighted by atomic mass is 9.97. The number of hydrogen-bond donors (Lipinski definition) is 1. The van der Waals surface area contributed by atoms with E-state index in [0.29, 0.717) is 29.7 Å². The van der Waals surface area contributed by atoms with Crippen molar-refractivity contribution in [3.63, 3.8) is 0 Å². The van der Waals surface area contributed by atoms with Crippen molar-refractivity contribution in [2.24, 2.45) is 17.8 Å². The molecule has 1 heterocycles. The molecule has 2 fully saturated rings. The SMILES string of the molecule is CC(C)NCC1CCCN(C(=O)C2CC2C)C1. The molecule has 3 atom stereocenters. The van der Waals surface area contributed by atoms with E-state index >= 15 is 0 Å². The highest BCUT2D eigenvalue weighted by Crippen LogP contribution is 2.39. The molecule has 1 aliphatic heterocycles. The van der Waals surface area contributed by atoms with Crippen molar-refractivity contribution >= 4 is 5.91 Å². The van der Waals surface area contributed by atoms with Crippen LogP contribution in [0.5, 0.6) is 0 Å². The van der Waals surface area contributed by atoms with Crippen LogP contribution in [0.25, 0.3) is 0 Å². The molecule has 0 bridgehead atoms.